The van der Waals surface area contributed by atoms with Crippen LogP contribution >= 0.6 is 0 Å². The highest BCUT2D eigenvalue weighted by molar-refractivity contribution is 5.85. The molecule has 0 saturated heterocycles. The molecule has 0 fully saturated rings. The van der Waals surface area contributed by atoms with Gasteiger partial charge in [-0.1, -0.05) is 13.2 Å². The summed E-state index contributed by atoms with van der Waals surface area (Å²) in [5.74, 6) is -2.71. The number of rotatable bonds is 7. The van der Waals surface area contributed by atoms with Crippen molar-refractivity contribution in [2.45, 2.75) is 26.7 Å². The van der Waals surface area contributed by atoms with Crippen molar-refractivity contribution in [1.82, 2.24) is 0 Å². The Morgan fingerprint density at radius 1 is 0.909 bits per heavy atom. The average Bonchev–Trinajstić information content (AvgIpc) is 2.39. The Bertz CT molecular complexity index is 337. The van der Waals surface area contributed by atoms with Crippen LogP contribution in [0.2, 0.25) is 0 Å². The summed E-state index contributed by atoms with van der Waals surface area (Å²) in [7, 11) is 0. The third-order valence-electron chi connectivity index (χ3n) is 2.09. The molecule has 0 rings (SSSR count). The van der Waals surface area contributed by atoms with Crippen molar-refractivity contribution < 1.29 is 34.8 Å². The normalized spacial score (nSPS) is 8.77. The topological polar surface area (TPSA) is 158 Å². The lowest BCUT2D eigenvalue weighted by Gasteiger charge is -2.08. The van der Waals surface area contributed by atoms with Crippen molar-refractivity contribution in [1.29, 1.82) is 0 Å². The van der Waals surface area contributed by atoms with E-state index < -0.39 is 17.8 Å². The predicted octanol–water partition coefficient (Wildman–Crippen LogP) is 0.147. The number of carbonyl (C=O) groups is 3. The maximum atomic E-state index is 10.5. The van der Waals surface area contributed by atoms with Crippen molar-refractivity contribution in [3.63, 3.8) is 0 Å². The highest BCUT2D eigenvalue weighted by Gasteiger charge is 2.12. The molecule has 0 spiro atoms. The fourth-order valence-electron chi connectivity index (χ4n) is 0.741. The van der Waals surface area contributed by atoms with Crippen molar-refractivity contribution >= 4 is 17.8 Å². The molecule has 0 aromatic carbocycles. The lowest BCUT2D eigenvalue weighted by molar-refractivity contribution is -0.133. The summed E-state index contributed by atoms with van der Waals surface area (Å²) < 4.78 is 0. The number of carboxylic acid groups (broad SMARTS) is 2. The number of aliphatic carboxylic acids is 2. The van der Waals surface area contributed by atoms with Crippen LogP contribution in [-0.2, 0) is 14.4 Å². The molecule has 0 aliphatic carbocycles. The average molecular weight is 319 g/mol. The number of nitrogens with two attached hydrogens (primary N) is 1. The van der Waals surface area contributed by atoms with E-state index in [0.717, 1.165) is 0 Å². The van der Waals surface area contributed by atoms with Crippen LogP contribution in [0.1, 0.15) is 26.7 Å². The number of aliphatic hydroxyl groups excluding tert-OH is 2. The van der Waals surface area contributed by atoms with Crippen molar-refractivity contribution in [3.8, 4) is 0 Å². The molecule has 8 heteroatoms. The molecule has 0 aromatic heterocycles. The molecule has 0 aromatic rings. The maximum absolute atomic E-state index is 10.5. The molecule has 0 atom stereocenters. The first kappa shape index (κ1) is 24.8. The van der Waals surface area contributed by atoms with Crippen LogP contribution in [-0.4, -0.2) is 51.5 Å². The Morgan fingerprint density at radius 2 is 1.14 bits per heavy atom. The minimum absolute atomic E-state index is 0.0619. The van der Waals surface area contributed by atoms with E-state index in [1.165, 1.54) is 13.8 Å². The van der Waals surface area contributed by atoms with Crippen LogP contribution in [0.25, 0.3) is 0 Å². The summed E-state index contributed by atoms with van der Waals surface area (Å²) in [5, 5.41) is 32.6. The highest BCUT2D eigenvalue weighted by Crippen LogP contribution is 2.05. The lowest BCUT2D eigenvalue weighted by Crippen LogP contribution is -2.24. The van der Waals surface area contributed by atoms with Crippen molar-refractivity contribution in [3.05, 3.63) is 24.3 Å². The van der Waals surface area contributed by atoms with Gasteiger partial charge in [-0.2, -0.15) is 0 Å². The van der Waals surface area contributed by atoms with Gasteiger partial charge in [-0.05, 0) is 26.7 Å². The van der Waals surface area contributed by atoms with Gasteiger partial charge < -0.3 is 26.2 Å². The molecule has 0 radical (unpaired) electrons. The summed E-state index contributed by atoms with van der Waals surface area (Å²) in [5.41, 5.74) is 5.30. The van der Waals surface area contributed by atoms with Crippen LogP contribution in [0.3, 0.4) is 0 Å². The van der Waals surface area contributed by atoms with E-state index in [4.69, 9.17) is 26.2 Å². The zero-order valence-corrected chi connectivity index (χ0v) is 12.9. The second-order valence-electron chi connectivity index (χ2n) is 4.29. The number of hydrogen-bond acceptors (Lipinski definition) is 5. The molecule has 0 bridgehead atoms. The Labute approximate surface area is 129 Å². The number of hydrogen-bond donors (Lipinski definition) is 5. The standard InChI is InChI=1S/C6H13NO3.2C4H6O2/c7-6(10)5(1-3-8)2-4-9;2*1-3(2)4(5)6/h5,8-9H,1-4H2,(H2,7,10);2*1H2,2H3,(H,5,6). The second-order valence-corrected chi connectivity index (χ2v) is 4.29. The monoisotopic (exact) mass is 319 g/mol. The zero-order valence-electron chi connectivity index (χ0n) is 12.9. The molecular formula is C14H25NO7. The van der Waals surface area contributed by atoms with Crippen molar-refractivity contribution in [2.75, 3.05) is 13.2 Å². The smallest absolute Gasteiger partial charge is 0.330 e. The van der Waals surface area contributed by atoms with E-state index >= 15 is 0 Å². The summed E-state index contributed by atoms with van der Waals surface area (Å²) >= 11 is 0. The molecule has 0 unspecified atom stereocenters. The highest BCUT2D eigenvalue weighted by atomic mass is 16.4. The van der Waals surface area contributed by atoms with Crippen LogP contribution in [0.4, 0.5) is 0 Å². The van der Waals surface area contributed by atoms with Gasteiger partial charge in [-0.15, -0.1) is 0 Å². The van der Waals surface area contributed by atoms with Crippen molar-refractivity contribution in [2.24, 2.45) is 11.7 Å². The molecule has 0 aliphatic heterocycles. The van der Waals surface area contributed by atoms with Gasteiger partial charge >= 0.3 is 11.9 Å². The number of primary amides is 1. The number of carbonyl (C=O) groups excluding carboxylic acids is 1. The summed E-state index contributed by atoms with van der Waals surface area (Å²) in [6.07, 6.45) is 0.686. The van der Waals surface area contributed by atoms with Crippen LogP contribution in [0, 0.1) is 5.92 Å². The quantitative estimate of drug-likeness (QED) is 0.417. The van der Waals surface area contributed by atoms with Gasteiger partial charge in [-0.3, -0.25) is 4.79 Å². The Kier molecular flexibility index (Phi) is 17.1. The fourth-order valence-corrected chi connectivity index (χ4v) is 0.741. The summed E-state index contributed by atoms with van der Waals surface area (Å²) in [4.78, 5) is 29.7. The third kappa shape index (κ3) is 20.1. The molecule has 0 saturated carbocycles. The van der Waals surface area contributed by atoms with Gasteiger partial charge in [0.15, 0.2) is 0 Å². The lowest BCUT2D eigenvalue weighted by atomic mass is 10.0. The van der Waals surface area contributed by atoms with Crippen LogP contribution in [0.15, 0.2) is 24.3 Å². The van der Waals surface area contributed by atoms with E-state index in [-0.39, 0.29) is 30.3 Å². The molecular weight excluding hydrogens is 294 g/mol. The van der Waals surface area contributed by atoms with Gasteiger partial charge in [0.1, 0.15) is 0 Å². The molecule has 1 amide bonds. The van der Waals surface area contributed by atoms with Gasteiger partial charge in [0.25, 0.3) is 0 Å². The number of amides is 1. The second kappa shape index (κ2) is 15.2. The molecule has 8 nitrogen and oxygen atoms in total. The molecule has 22 heavy (non-hydrogen) atoms. The minimum Gasteiger partial charge on any atom is -0.478 e. The van der Waals surface area contributed by atoms with Crippen LogP contribution < -0.4 is 5.73 Å². The minimum atomic E-state index is -0.935. The van der Waals surface area contributed by atoms with Crippen LogP contribution in [0.5, 0.6) is 0 Å². The SMILES string of the molecule is C=C(C)C(=O)O.C=C(C)C(=O)O.NC(=O)C(CCO)CCO. The van der Waals surface area contributed by atoms with E-state index in [1.807, 2.05) is 0 Å². The van der Waals surface area contributed by atoms with Gasteiger partial charge in [-0.25, -0.2) is 9.59 Å². The largest absolute Gasteiger partial charge is 0.478 e. The molecule has 0 heterocycles. The number of aliphatic hydroxyl groups is 2. The first-order valence-corrected chi connectivity index (χ1v) is 6.29. The van der Waals surface area contributed by atoms with Gasteiger partial charge in [0.2, 0.25) is 5.91 Å². The Balaban J connectivity index is -0.000000261. The molecule has 6 N–H and O–H groups in total. The van der Waals surface area contributed by atoms with Gasteiger partial charge in [0.05, 0.1) is 0 Å². The maximum Gasteiger partial charge on any atom is 0.330 e. The molecule has 0 aliphatic rings. The predicted molar refractivity (Wildman–Crippen MR) is 81.0 cm³/mol. The van der Waals surface area contributed by atoms with E-state index in [9.17, 15) is 14.4 Å². The fraction of sp³-hybridized carbons (Fsp3) is 0.500. The number of carboxylic acids is 2. The first-order chi connectivity index (χ1) is 10.0. The Morgan fingerprint density at radius 3 is 1.23 bits per heavy atom. The zero-order chi connectivity index (χ0) is 18.3. The van der Waals surface area contributed by atoms with Gasteiger partial charge in [0, 0.05) is 30.3 Å². The summed E-state index contributed by atoms with van der Waals surface area (Å²) in [6.45, 7) is 9.08. The summed E-state index contributed by atoms with van der Waals surface area (Å²) in [6, 6.07) is 0. The third-order valence-corrected chi connectivity index (χ3v) is 2.09. The molecule has 128 valence electrons. The van der Waals surface area contributed by atoms with E-state index in [1.54, 1.807) is 0 Å². The van der Waals surface area contributed by atoms with E-state index in [0.29, 0.717) is 12.8 Å². The van der Waals surface area contributed by atoms with E-state index in [2.05, 4.69) is 13.2 Å². The first-order valence-electron chi connectivity index (χ1n) is 6.29. The Hall–Kier alpha value is -2.19.